The highest BCUT2D eigenvalue weighted by molar-refractivity contribution is 6.33. The van der Waals surface area contributed by atoms with Gasteiger partial charge in [-0.25, -0.2) is 4.39 Å². The van der Waals surface area contributed by atoms with Gasteiger partial charge in [-0.15, -0.1) is 5.53 Å². The fourth-order valence-electron chi connectivity index (χ4n) is 2.04. The maximum absolute atomic E-state index is 14.2. The van der Waals surface area contributed by atoms with Crippen molar-refractivity contribution in [1.82, 2.24) is 15.9 Å². The summed E-state index contributed by atoms with van der Waals surface area (Å²) in [6.07, 6.45) is 4.91. The lowest BCUT2D eigenvalue weighted by molar-refractivity contribution is 0.412. The molecule has 0 amide bonds. The molecule has 1 aromatic carbocycles. The summed E-state index contributed by atoms with van der Waals surface area (Å²) < 4.78 is 19.3. The molecule has 22 heavy (non-hydrogen) atoms. The van der Waals surface area contributed by atoms with E-state index in [-0.39, 0.29) is 16.4 Å². The van der Waals surface area contributed by atoms with Gasteiger partial charge in [0.05, 0.1) is 29.7 Å². The van der Waals surface area contributed by atoms with Crippen molar-refractivity contribution in [3.05, 3.63) is 53.2 Å². The summed E-state index contributed by atoms with van der Waals surface area (Å²) in [5.41, 5.74) is 12.9. The number of nitrogens with two attached hydrogens (primary N) is 1. The fourth-order valence-corrected chi connectivity index (χ4v) is 2.27. The molecule has 8 heteroatoms. The molecule has 0 aliphatic carbocycles. The van der Waals surface area contributed by atoms with Crippen LogP contribution in [0.5, 0.6) is 5.75 Å². The van der Waals surface area contributed by atoms with Crippen LogP contribution in [0.2, 0.25) is 5.02 Å². The second-order valence-corrected chi connectivity index (χ2v) is 4.97. The molecular weight excluding hydrogens is 309 g/mol. The van der Waals surface area contributed by atoms with Gasteiger partial charge < -0.3 is 15.9 Å². The number of hydrogen-bond acceptors (Lipinski definition) is 6. The highest BCUT2D eigenvalue weighted by Gasteiger charge is 2.21. The second kappa shape index (κ2) is 5.70. The monoisotopic (exact) mass is 321 g/mol. The number of ether oxygens (including phenoxy) is 1. The first kappa shape index (κ1) is 14.4. The minimum atomic E-state index is -0.594. The first-order valence-electron chi connectivity index (χ1n) is 6.35. The van der Waals surface area contributed by atoms with Crippen LogP contribution in [0.1, 0.15) is 5.56 Å². The van der Waals surface area contributed by atoms with Crippen LogP contribution < -0.4 is 26.4 Å². The lowest BCUT2D eigenvalue weighted by atomic mass is 10.2. The van der Waals surface area contributed by atoms with Crippen molar-refractivity contribution >= 4 is 28.7 Å². The number of rotatable bonds is 3. The Labute approximate surface area is 131 Å². The normalized spacial score (nSPS) is 13.8. The summed E-state index contributed by atoms with van der Waals surface area (Å²) in [5, 5.41) is 1.66. The Hall–Kier alpha value is -2.51. The summed E-state index contributed by atoms with van der Waals surface area (Å²) in [4.78, 5) is 4.07. The van der Waals surface area contributed by atoms with Crippen LogP contribution in [0, 0.1) is 5.82 Å². The lowest BCUT2D eigenvalue weighted by Gasteiger charge is -2.18. The number of methoxy groups -OCH3 is 1. The molecular formula is C14H13ClFN5O. The van der Waals surface area contributed by atoms with Gasteiger partial charge >= 0.3 is 0 Å². The van der Waals surface area contributed by atoms with Crippen molar-refractivity contribution in [2.24, 2.45) is 0 Å². The van der Waals surface area contributed by atoms with Gasteiger partial charge in [0.1, 0.15) is 11.4 Å². The molecule has 0 bridgehead atoms. The minimum absolute atomic E-state index is 0.0195. The number of nitrogen functional groups attached to an aromatic ring is 1. The molecule has 1 aliphatic heterocycles. The number of halogens is 2. The lowest BCUT2D eigenvalue weighted by Crippen LogP contribution is -2.37. The van der Waals surface area contributed by atoms with Gasteiger partial charge in [-0.2, -0.15) is 0 Å². The molecule has 0 spiro atoms. The Morgan fingerprint density at radius 3 is 2.95 bits per heavy atom. The third-order valence-electron chi connectivity index (χ3n) is 3.17. The predicted octanol–water partition coefficient (Wildman–Crippen LogP) is 2.29. The fraction of sp³-hybridized carbons (Fsp3) is 0.0714. The molecule has 2 aromatic rings. The smallest absolute Gasteiger partial charge is 0.172 e. The topological polar surface area (TPSA) is 75.4 Å². The largest absolute Gasteiger partial charge is 0.495 e. The summed E-state index contributed by atoms with van der Waals surface area (Å²) in [6.45, 7) is 0. The number of nitrogens with zero attached hydrogens (tertiary/aromatic N) is 2. The number of hydrogen-bond donors (Lipinski definition) is 3. The summed E-state index contributed by atoms with van der Waals surface area (Å²) in [5.74, 6) is 0.0230. The molecule has 0 saturated carbocycles. The van der Waals surface area contributed by atoms with Crippen LogP contribution in [0.3, 0.4) is 0 Å². The molecule has 0 fully saturated rings. The van der Waals surface area contributed by atoms with Crippen molar-refractivity contribution in [3.8, 4) is 5.75 Å². The number of benzene rings is 1. The van der Waals surface area contributed by atoms with Crippen molar-refractivity contribution in [1.29, 1.82) is 0 Å². The van der Waals surface area contributed by atoms with Gasteiger partial charge in [0.25, 0.3) is 0 Å². The molecule has 0 unspecified atom stereocenters. The van der Waals surface area contributed by atoms with E-state index in [4.69, 9.17) is 22.1 Å². The first-order valence-corrected chi connectivity index (χ1v) is 6.73. The van der Waals surface area contributed by atoms with Gasteiger partial charge in [-0.1, -0.05) is 11.6 Å². The van der Waals surface area contributed by atoms with E-state index < -0.39 is 5.82 Å². The highest BCUT2D eigenvalue weighted by Crippen LogP contribution is 2.33. The Bertz CT molecular complexity index is 752. The zero-order chi connectivity index (χ0) is 15.7. The van der Waals surface area contributed by atoms with Crippen molar-refractivity contribution in [2.75, 3.05) is 17.9 Å². The quantitative estimate of drug-likeness (QED) is 0.753. The Balaban J connectivity index is 1.96. The summed E-state index contributed by atoms with van der Waals surface area (Å²) >= 11 is 6.06. The number of nitrogens with one attached hydrogen (secondary N) is 2. The molecule has 0 saturated heterocycles. The van der Waals surface area contributed by atoms with Crippen LogP contribution in [-0.2, 0) is 0 Å². The average molecular weight is 322 g/mol. The summed E-state index contributed by atoms with van der Waals surface area (Å²) in [6, 6.07) is 4.76. The first-order chi connectivity index (χ1) is 10.6. The third kappa shape index (κ3) is 2.51. The second-order valence-electron chi connectivity index (χ2n) is 4.56. The molecule has 0 radical (unpaired) electrons. The molecule has 1 aliphatic rings. The SMILES string of the molecule is COc1cncc(C2=CN(c3c(Cl)ccc(N)c3F)NN2)c1. The van der Waals surface area contributed by atoms with Crippen molar-refractivity contribution < 1.29 is 9.13 Å². The van der Waals surface area contributed by atoms with E-state index in [9.17, 15) is 4.39 Å². The number of aromatic nitrogens is 1. The van der Waals surface area contributed by atoms with Gasteiger partial charge in [0.2, 0.25) is 0 Å². The van der Waals surface area contributed by atoms with Crippen LogP contribution in [0.25, 0.3) is 5.70 Å². The maximum Gasteiger partial charge on any atom is 0.172 e. The maximum atomic E-state index is 14.2. The molecule has 114 valence electrons. The van der Waals surface area contributed by atoms with E-state index in [1.54, 1.807) is 31.8 Å². The summed E-state index contributed by atoms with van der Waals surface area (Å²) in [7, 11) is 1.56. The van der Waals surface area contributed by atoms with E-state index in [0.717, 1.165) is 5.56 Å². The minimum Gasteiger partial charge on any atom is -0.495 e. The van der Waals surface area contributed by atoms with Crippen molar-refractivity contribution in [3.63, 3.8) is 0 Å². The zero-order valence-electron chi connectivity index (χ0n) is 11.6. The number of hydrazine groups is 2. The van der Waals surface area contributed by atoms with Crippen molar-refractivity contribution in [2.45, 2.75) is 0 Å². The predicted molar refractivity (Wildman–Crippen MR) is 83.3 cm³/mol. The van der Waals surface area contributed by atoms with Crippen LogP contribution in [0.4, 0.5) is 15.8 Å². The van der Waals surface area contributed by atoms with Crippen LogP contribution in [0.15, 0.2) is 36.8 Å². The zero-order valence-corrected chi connectivity index (χ0v) is 12.4. The van der Waals surface area contributed by atoms with Gasteiger partial charge in [0.15, 0.2) is 5.82 Å². The van der Waals surface area contributed by atoms with E-state index in [1.165, 1.54) is 17.1 Å². The van der Waals surface area contributed by atoms with E-state index in [1.807, 2.05) is 0 Å². The number of pyridine rings is 1. The molecule has 6 nitrogen and oxygen atoms in total. The van der Waals surface area contributed by atoms with E-state index >= 15 is 0 Å². The van der Waals surface area contributed by atoms with Gasteiger partial charge in [-0.3, -0.25) is 9.99 Å². The molecule has 0 atom stereocenters. The van der Waals surface area contributed by atoms with Crippen LogP contribution >= 0.6 is 11.6 Å². The molecule has 4 N–H and O–H groups in total. The Morgan fingerprint density at radius 1 is 1.36 bits per heavy atom. The highest BCUT2D eigenvalue weighted by atomic mass is 35.5. The Morgan fingerprint density at radius 2 is 2.18 bits per heavy atom. The van der Waals surface area contributed by atoms with Crippen LogP contribution in [-0.4, -0.2) is 12.1 Å². The molecule has 2 heterocycles. The van der Waals surface area contributed by atoms with E-state index in [2.05, 4.69) is 15.9 Å². The molecule has 3 rings (SSSR count). The number of anilines is 2. The van der Waals surface area contributed by atoms with Gasteiger partial charge in [0, 0.05) is 18.0 Å². The van der Waals surface area contributed by atoms with E-state index in [0.29, 0.717) is 11.4 Å². The Kier molecular flexibility index (Phi) is 3.74. The van der Waals surface area contributed by atoms with Gasteiger partial charge in [-0.05, 0) is 18.2 Å². The third-order valence-corrected chi connectivity index (χ3v) is 3.47. The average Bonchev–Trinajstić information content (AvgIpc) is 3.01. The standard InChI is InChI=1S/C14H13ClFN5O/c1-22-9-4-8(5-18-6-9)12-7-21(20-19-12)14-10(15)2-3-11(17)13(14)16/h2-7,19-20H,17H2,1H3. The molecule has 1 aromatic heterocycles.